The summed E-state index contributed by atoms with van der Waals surface area (Å²) in [5.74, 6) is -2.99. The van der Waals surface area contributed by atoms with Crippen molar-refractivity contribution in [1.29, 1.82) is 0 Å². The molecule has 1 N–H and O–H groups in total. The van der Waals surface area contributed by atoms with Crippen molar-refractivity contribution in [2.75, 3.05) is 0 Å². The summed E-state index contributed by atoms with van der Waals surface area (Å²) in [5.41, 5.74) is -2.73. The van der Waals surface area contributed by atoms with Crippen LogP contribution in [-0.2, 0) is 6.18 Å². The van der Waals surface area contributed by atoms with Gasteiger partial charge in [-0.2, -0.15) is 13.2 Å². The van der Waals surface area contributed by atoms with Gasteiger partial charge in [0.25, 0.3) is 0 Å². The van der Waals surface area contributed by atoms with E-state index in [1.165, 1.54) is 0 Å². The Morgan fingerprint density at radius 2 is 1.94 bits per heavy atom. The van der Waals surface area contributed by atoms with Crippen molar-refractivity contribution < 1.29 is 27.5 Å². The van der Waals surface area contributed by atoms with Crippen LogP contribution in [0.15, 0.2) is 10.5 Å². The summed E-state index contributed by atoms with van der Waals surface area (Å²) in [7, 11) is 0. The molecule has 0 saturated heterocycles. The van der Waals surface area contributed by atoms with Gasteiger partial charge in [-0.15, -0.1) is 0 Å². The minimum Gasteiger partial charge on any atom is -0.478 e. The van der Waals surface area contributed by atoms with Gasteiger partial charge >= 0.3 is 12.1 Å². The number of hydrogen-bond donors (Lipinski definition) is 1. The smallest absolute Gasteiger partial charge is 0.417 e. The molecule has 0 amide bonds. The van der Waals surface area contributed by atoms with Gasteiger partial charge in [0.1, 0.15) is 5.82 Å². The van der Waals surface area contributed by atoms with E-state index in [-0.39, 0.29) is 0 Å². The van der Waals surface area contributed by atoms with Gasteiger partial charge in [0, 0.05) is 4.47 Å². The summed E-state index contributed by atoms with van der Waals surface area (Å²) >= 11 is 2.59. The van der Waals surface area contributed by atoms with Gasteiger partial charge in [0.05, 0.1) is 11.1 Å². The molecule has 0 aromatic heterocycles. The number of benzene rings is 1. The quantitative estimate of drug-likeness (QED) is 0.805. The minimum atomic E-state index is -4.74. The summed E-state index contributed by atoms with van der Waals surface area (Å²) in [4.78, 5) is 10.5. The molecule has 16 heavy (non-hydrogen) atoms. The molecule has 1 aromatic carbocycles. The lowest BCUT2D eigenvalue weighted by Crippen LogP contribution is -2.13. The van der Waals surface area contributed by atoms with Crippen LogP contribution in [-0.4, -0.2) is 11.1 Å². The Labute approximate surface area is 96.0 Å². The molecule has 0 bridgehead atoms. The van der Waals surface area contributed by atoms with E-state index < -0.39 is 39.1 Å². The predicted octanol–water partition coefficient (Wildman–Crippen LogP) is 3.61. The maximum Gasteiger partial charge on any atom is 0.417 e. The summed E-state index contributed by atoms with van der Waals surface area (Å²) in [6.07, 6.45) is -4.74. The topological polar surface area (TPSA) is 37.3 Å². The monoisotopic (exact) mass is 300 g/mol. The first-order chi connectivity index (χ1) is 7.16. The minimum absolute atomic E-state index is 0.490. The van der Waals surface area contributed by atoms with E-state index in [1.54, 1.807) is 0 Å². The fraction of sp³-hybridized carbons (Fsp3) is 0.222. The van der Waals surface area contributed by atoms with Crippen molar-refractivity contribution >= 4 is 21.9 Å². The molecule has 0 aliphatic heterocycles. The summed E-state index contributed by atoms with van der Waals surface area (Å²) in [5, 5.41) is 8.57. The van der Waals surface area contributed by atoms with Gasteiger partial charge in [-0.3, -0.25) is 0 Å². The maximum absolute atomic E-state index is 13.3. The van der Waals surface area contributed by atoms with E-state index in [9.17, 15) is 22.4 Å². The molecule has 0 fully saturated rings. The summed E-state index contributed by atoms with van der Waals surface area (Å²) < 4.78 is 50.3. The van der Waals surface area contributed by atoms with Crippen molar-refractivity contribution in [2.24, 2.45) is 0 Å². The fourth-order valence-electron chi connectivity index (χ4n) is 1.26. The number of halogens is 5. The number of carboxylic acids is 1. The van der Waals surface area contributed by atoms with Gasteiger partial charge in [0.15, 0.2) is 0 Å². The molecular formula is C9H5BrF4O2. The Bertz CT molecular complexity index is 454. The van der Waals surface area contributed by atoms with Gasteiger partial charge in [-0.25, -0.2) is 9.18 Å². The molecule has 1 rings (SSSR count). The summed E-state index contributed by atoms with van der Waals surface area (Å²) in [6, 6.07) is 0.605. The normalized spacial score (nSPS) is 11.6. The second-order valence-corrected chi connectivity index (χ2v) is 3.88. The second kappa shape index (κ2) is 4.04. The highest BCUT2D eigenvalue weighted by atomic mass is 79.9. The molecule has 2 nitrogen and oxygen atoms in total. The van der Waals surface area contributed by atoms with Crippen LogP contribution in [0.4, 0.5) is 17.6 Å². The van der Waals surface area contributed by atoms with Gasteiger partial charge in [0.2, 0.25) is 0 Å². The molecule has 88 valence electrons. The second-order valence-electron chi connectivity index (χ2n) is 3.02. The first-order valence-corrected chi connectivity index (χ1v) is 4.74. The SMILES string of the molecule is Cc1c(F)c(C(=O)O)cc(Br)c1C(F)(F)F. The van der Waals surface area contributed by atoms with Gasteiger partial charge in [-0.05, 0) is 18.6 Å². The lowest BCUT2D eigenvalue weighted by molar-refractivity contribution is -0.138. The number of rotatable bonds is 1. The van der Waals surface area contributed by atoms with Crippen LogP contribution in [0.5, 0.6) is 0 Å². The van der Waals surface area contributed by atoms with Crippen LogP contribution in [0.3, 0.4) is 0 Å². The van der Waals surface area contributed by atoms with Crippen LogP contribution < -0.4 is 0 Å². The van der Waals surface area contributed by atoms with Crippen LogP contribution in [0.1, 0.15) is 21.5 Å². The first-order valence-electron chi connectivity index (χ1n) is 3.95. The van der Waals surface area contributed by atoms with E-state index in [0.717, 1.165) is 6.92 Å². The first kappa shape index (κ1) is 13.0. The van der Waals surface area contributed by atoms with Gasteiger partial charge < -0.3 is 5.11 Å². The van der Waals surface area contributed by atoms with E-state index in [4.69, 9.17) is 5.11 Å². The fourth-order valence-corrected chi connectivity index (χ4v) is 2.01. The highest BCUT2D eigenvalue weighted by Crippen LogP contribution is 2.39. The highest BCUT2D eigenvalue weighted by Gasteiger charge is 2.37. The largest absolute Gasteiger partial charge is 0.478 e. The third-order valence-electron chi connectivity index (χ3n) is 1.96. The average molecular weight is 301 g/mol. The molecule has 0 radical (unpaired) electrons. The number of carboxylic acid groups (broad SMARTS) is 1. The summed E-state index contributed by atoms with van der Waals surface area (Å²) in [6.45, 7) is 0.884. The standard InChI is InChI=1S/C9H5BrF4O2/c1-3-6(9(12,13)14)5(10)2-4(7(3)11)8(15)16/h2H,1H3,(H,15,16). The van der Waals surface area contributed by atoms with Crippen LogP contribution in [0.25, 0.3) is 0 Å². The third-order valence-corrected chi connectivity index (χ3v) is 2.59. The molecule has 0 atom stereocenters. The predicted molar refractivity (Wildman–Crippen MR) is 50.8 cm³/mol. The molecule has 0 spiro atoms. The third kappa shape index (κ3) is 2.18. The Morgan fingerprint density at radius 3 is 2.31 bits per heavy atom. The van der Waals surface area contributed by atoms with Crippen LogP contribution in [0, 0.1) is 12.7 Å². The molecule has 0 saturated carbocycles. The van der Waals surface area contributed by atoms with Crippen molar-refractivity contribution in [3.8, 4) is 0 Å². The molecule has 7 heteroatoms. The molecule has 0 unspecified atom stereocenters. The van der Waals surface area contributed by atoms with Crippen molar-refractivity contribution in [3.05, 3.63) is 33.0 Å². The highest BCUT2D eigenvalue weighted by molar-refractivity contribution is 9.10. The number of carbonyl (C=O) groups is 1. The lowest BCUT2D eigenvalue weighted by atomic mass is 10.0. The van der Waals surface area contributed by atoms with E-state index in [2.05, 4.69) is 15.9 Å². The maximum atomic E-state index is 13.3. The Hall–Kier alpha value is -1.11. The van der Waals surface area contributed by atoms with Gasteiger partial charge in [-0.1, -0.05) is 15.9 Å². The number of hydrogen-bond acceptors (Lipinski definition) is 1. The molecule has 0 aliphatic rings. The number of aromatic carboxylic acids is 1. The van der Waals surface area contributed by atoms with Crippen molar-refractivity contribution in [3.63, 3.8) is 0 Å². The Balaban J connectivity index is 3.59. The zero-order valence-corrected chi connectivity index (χ0v) is 9.41. The lowest BCUT2D eigenvalue weighted by Gasteiger charge is -2.14. The van der Waals surface area contributed by atoms with E-state index in [1.807, 2.05) is 0 Å². The Morgan fingerprint density at radius 1 is 1.44 bits per heavy atom. The number of alkyl halides is 3. The van der Waals surface area contributed by atoms with Crippen molar-refractivity contribution in [1.82, 2.24) is 0 Å². The molecule has 1 aromatic rings. The van der Waals surface area contributed by atoms with Crippen molar-refractivity contribution in [2.45, 2.75) is 13.1 Å². The zero-order chi connectivity index (χ0) is 12.7. The van der Waals surface area contributed by atoms with E-state index in [0.29, 0.717) is 6.07 Å². The Kier molecular flexibility index (Phi) is 3.27. The molecular weight excluding hydrogens is 296 g/mol. The van der Waals surface area contributed by atoms with Crippen LogP contribution in [0.2, 0.25) is 0 Å². The van der Waals surface area contributed by atoms with Crippen LogP contribution >= 0.6 is 15.9 Å². The average Bonchev–Trinajstić information content (AvgIpc) is 2.08. The molecule has 0 heterocycles. The van der Waals surface area contributed by atoms with E-state index >= 15 is 0 Å². The molecule has 0 aliphatic carbocycles. The zero-order valence-electron chi connectivity index (χ0n) is 7.82.